The van der Waals surface area contributed by atoms with Crippen LogP contribution in [-0.2, 0) is 0 Å². The zero-order chi connectivity index (χ0) is 16.7. The first-order chi connectivity index (χ1) is 11.2. The van der Waals surface area contributed by atoms with Gasteiger partial charge in [-0.05, 0) is 32.9 Å². The molecule has 1 amide bonds. The highest BCUT2D eigenvalue weighted by atomic mass is 16.5. The number of carbonyl (C=O) groups excluding carboxylic acids is 1. The highest BCUT2D eigenvalue weighted by Crippen LogP contribution is 2.41. The number of nitrogens with zero attached hydrogens (tertiary/aromatic N) is 1. The molecule has 23 heavy (non-hydrogen) atoms. The molecule has 0 radical (unpaired) electrons. The Morgan fingerprint density at radius 2 is 1.61 bits per heavy atom. The second kappa shape index (κ2) is 8.62. The van der Waals surface area contributed by atoms with Gasteiger partial charge in [0.05, 0.1) is 25.4 Å². The SMILES string of the molecule is CCOc1ccc(C(=O)N2CCNCC2)c(OCC)c1OCC. The fourth-order valence-electron chi connectivity index (χ4n) is 2.59. The lowest BCUT2D eigenvalue weighted by molar-refractivity contribution is 0.0730. The molecular weight excluding hydrogens is 296 g/mol. The highest BCUT2D eigenvalue weighted by Gasteiger charge is 2.26. The standard InChI is InChI=1S/C17H26N2O4/c1-4-21-14-8-7-13(15(22-5-2)16(14)23-6-3)17(20)19-11-9-18-10-12-19/h7-8,18H,4-6,9-12H2,1-3H3. The molecule has 0 aliphatic carbocycles. The third-order valence-electron chi connectivity index (χ3n) is 3.59. The molecule has 1 N–H and O–H groups in total. The first kappa shape index (κ1) is 17.4. The van der Waals surface area contributed by atoms with E-state index in [4.69, 9.17) is 14.2 Å². The Kier molecular flexibility index (Phi) is 6.52. The number of hydrogen-bond donors (Lipinski definition) is 1. The molecule has 128 valence electrons. The Bertz CT molecular complexity index is 528. The normalized spacial score (nSPS) is 14.5. The number of hydrogen-bond acceptors (Lipinski definition) is 5. The lowest BCUT2D eigenvalue weighted by Crippen LogP contribution is -2.46. The molecule has 1 heterocycles. The number of carbonyl (C=O) groups is 1. The lowest BCUT2D eigenvalue weighted by atomic mass is 10.1. The first-order valence-corrected chi connectivity index (χ1v) is 8.28. The summed E-state index contributed by atoms with van der Waals surface area (Å²) in [6.45, 7) is 10.2. The summed E-state index contributed by atoms with van der Waals surface area (Å²) in [6.07, 6.45) is 0. The van der Waals surface area contributed by atoms with Gasteiger partial charge in [-0.3, -0.25) is 4.79 Å². The van der Waals surface area contributed by atoms with Gasteiger partial charge >= 0.3 is 0 Å². The van der Waals surface area contributed by atoms with E-state index >= 15 is 0 Å². The third-order valence-corrected chi connectivity index (χ3v) is 3.59. The van der Waals surface area contributed by atoms with Crippen LogP contribution in [-0.4, -0.2) is 56.8 Å². The Morgan fingerprint density at radius 1 is 1.00 bits per heavy atom. The van der Waals surface area contributed by atoms with E-state index in [1.54, 1.807) is 12.1 Å². The fraction of sp³-hybridized carbons (Fsp3) is 0.588. The van der Waals surface area contributed by atoms with Gasteiger partial charge in [0.1, 0.15) is 0 Å². The van der Waals surface area contributed by atoms with Crippen LogP contribution >= 0.6 is 0 Å². The number of amides is 1. The quantitative estimate of drug-likeness (QED) is 0.831. The summed E-state index contributed by atoms with van der Waals surface area (Å²) in [4.78, 5) is 14.7. The smallest absolute Gasteiger partial charge is 0.257 e. The van der Waals surface area contributed by atoms with Crippen molar-refractivity contribution in [2.45, 2.75) is 20.8 Å². The monoisotopic (exact) mass is 322 g/mol. The number of ether oxygens (including phenoxy) is 3. The van der Waals surface area contributed by atoms with Crippen molar-refractivity contribution in [1.29, 1.82) is 0 Å². The van der Waals surface area contributed by atoms with Gasteiger partial charge in [0.2, 0.25) is 5.75 Å². The van der Waals surface area contributed by atoms with Crippen LogP contribution in [0, 0.1) is 0 Å². The minimum atomic E-state index is -0.0287. The molecule has 0 spiro atoms. The second-order valence-corrected chi connectivity index (χ2v) is 5.11. The van der Waals surface area contributed by atoms with Crippen LogP contribution in [0.15, 0.2) is 12.1 Å². The Labute approximate surface area is 137 Å². The van der Waals surface area contributed by atoms with E-state index in [0.29, 0.717) is 55.7 Å². The molecule has 1 saturated heterocycles. The van der Waals surface area contributed by atoms with Crippen molar-refractivity contribution < 1.29 is 19.0 Å². The molecule has 6 heteroatoms. The maximum absolute atomic E-state index is 12.8. The zero-order valence-corrected chi connectivity index (χ0v) is 14.2. The Balaban J connectivity index is 2.40. The van der Waals surface area contributed by atoms with Crippen molar-refractivity contribution in [1.82, 2.24) is 10.2 Å². The van der Waals surface area contributed by atoms with E-state index in [-0.39, 0.29) is 5.91 Å². The minimum absolute atomic E-state index is 0.0287. The lowest BCUT2D eigenvalue weighted by Gasteiger charge is -2.28. The van der Waals surface area contributed by atoms with E-state index in [2.05, 4.69) is 5.32 Å². The third kappa shape index (κ3) is 4.07. The van der Waals surface area contributed by atoms with E-state index < -0.39 is 0 Å². The van der Waals surface area contributed by atoms with Crippen molar-refractivity contribution in [3.8, 4) is 17.2 Å². The van der Waals surface area contributed by atoms with Crippen molar-refractivity contribution in [3.63, 3.8) is 0 Å². The molecule has 0 aromatic heterocycles. The summed E-state index contributed by atoms with van der Waals surface area (Å²) in [7, 11) is 0. The maximum Gasteiger partial charge on any atom is 0.257 e. The topological polar surface area (TPSA) is 60.0 Å². The van der Waals surface area contributed by atoms with Gasteiger partial charge in [-0.1, -0.05) is 0 Å². The molecule has 1 aromatic carbocycles. The summed E-state index contributed by atoms with van der Waals surface area (Å²) < 4.78 is 17.1. The molecular formula is C17H26N2O4. The summed E-state index contributed by atoms with van der Waals surface area (Å²) in [5.41, 5.74) is 0.528. The first-order valence-electron chi connectivity index (χ1n) is 8.28. The van der Waals surface area contributed by atoms with Crippen LogP contribution in [0.5, 0.6) is 17.2 Å². The van der Waals surface area contributed by atoms with Crippen molar-refractivity contribution in [3.05, 3.63) is 17.7 Å². The summed E-state index contributed by atoms with van der Waals surface area (Å²) in [5, 5.41) is 3.25. The van der Waals surface area contributed by atoms with Gasteiger partial charge < -0.3 is 24.4 Å². The summed E-state index contributed by atoms with van der Waals surface area (Å²) >= 11 is 0. The van der Waals surface area contributed by atoms with Crippen molar-refractivity contribution >= 4 is 5.91 Å². The predicted octanol–water partition coefficient (Wildman–Crippen LogP) is 1.93. The van der Waals surface area contributed by atoms with E-state index in [1.165, 1.54) is 0 Å². The molecule has 0 atom stereocenters. The number of nitrogens with one attached hydrogen (secondary N) is 1. The highest BCUT2D eigenvalue weighted by molar-refractivity contribution is 5.98. The molecule has 0 bridgehead atoms. The Morgan fingerprint density at radius 3 is 2.22 bits per heavy atom. The molecule has 2 rings (SSSR count). The molecule has 1 aliphatic heterocycles. The number of benzene rings is 1. The average Bonchev–Trinajstić information content (AvgIpc) is 2.58. The molecule has 6 nitrogen and oxygen atoms in total. The van der Waals surface area contributed by atoms with Crippen LogP contribution in [0.25, 0.3) is 0 Å². The van der Waals surface area contributed by atoms with Crippen LogP contribution in [0.4, 0.5) is 0 Å². The van der Waals surface area contributed by atoms with Crippen LogP contribution in [0.1, 0.15) is 31.1 Å². The fourth-order valence-corrected chi connectivity index (χ4v) is 2.59. The van der Waals surface area contributed by atoms with Crippen molar-refractivity contribution in [2.75, 3.05) is 46.0 Å². The minimum Gasteiger partial charge on any atom is -0.490 e. The van der Waals surface area contributed by atoms with Gasteiger partial charge in [-0.2, -0.15) is 0 Å². The van der Waals surface area contributed by atoms with Crippen LogP contribution in [0.2, 0.25) is 0 Å². The van der Waals surface area contributed by atoms with E-state index in [0.717, 1.165) is 13.1 Å². The van der Waals surface area contributed by atoms with Crippen LogP contribution in [0.3, 0.4) is 0 Å². The largest absolute Gasteiger partial charge is 0.490 e. The summed E-state index contributed by atoms with van der Waals surface area (Å²) in [6, 6.07) is 3.55. The molecule has 1 aliphatic rings. The maximum atomic E-state index is 12.8. The van der Waals surface area contributed by atoms with Crippen LogP contribution < -0.4 is 19.5 Å². The predicted molar refractivity (Wildman–Crippen MR) is 88.7 cm³/mol. The number of rotatable bonds is 7. The number of piperazine rings is 1. The molecule has 1 aromatic rings. The Hall–Kier alpha value is -1.95. The van der Waals surface area contributed by atoms with E-state index in [9.17, 15) is 4.79 Å². The summed E-state index contributed by atoms with van der Waals surface area (Å²) in [5.74, 6) is 1.56. The van der Waals surface area contributed by atoms with Gasteiger partial charge in [0.15, 0.2) is 11.5 Å². The molecule has 0 unspecified atom stereocenters. The molecule has 1 fully saturated rings. The second-order valence-electron chi connectivity index (χ2n) is 5.11. The van der Waals surface area contributed by atoms with Crippen molar-refractivity contribution in [2.24, 2.45) is 0 Å². The molecule has 0 saturated carbocycles. The zero-order valence-electron chi connectivity index (χ0n) is 14.2. The van der Waals surface area contributed by atoms with E-state index in [1.807, 2.05) is 25.7 Å². The van der Waals surface area contributed by atoms with Gasteiger partial charge in [-0.15, -0.1) is 0 Å². The van der Waals surface area contributed by atoms with Gasteiger partial charge in [0.25, 0.3) is 5.91 Å². The average molecular weight is 322 g/mol. The van der Waals surface area contributed by atoms with Gasteiger partial charge in [-0.25, -0.2) is 0 Å². The van der Waals surface area contributed by atoms with Gasteiger partial charge in [0, 0.05) is 26.2 Å².